The summed E-state index contributed by atoms with van der Waals surface area (Å²) in [5.74, 6) is 0.520. The number of hydrogen-bond donors (Lipinski definition) is 2. The van der Waals surface area contributed by atoms with E-state index < -0.39 is 0 Å². The van der Waals surface area contributed by atoms with Crippen molar-refractivity contribution in [3.05, 3.63) is 48.3 Å². The molecule has 3 aromatic rings. The first kappa shape index (κ1) is 14.7. The van der Waals surface area contributed by atoms with Crippen LogP contribution in [0.4, 0.5) is 0 Å². The maximum absolute atomic E-state index is 12.2. The Morgan fingerprint density at radius 3 is 2.57 bits per heavy atom. The van der Waals surface area contributed by atoms with Crippen LogP contribution in [-0.2, 0) is 0 Å². The molecule has 106 valence electrons. The molecule has 21 heavy (non-hydrogen) atoms. The number of phenolic OH excluding ortho intramolecular Hbond substituents is 1. The molecule has 2 heterocycles. The van der Waals surface area contributed by atoms with Crippen molar-refractivity contribution in [3.63, 3.8) is 0 Å². The van der Waals surface area contributed by atoms with Crippen LogP contribution >= 0.6 is 47.8 Å². The fourth-order valence-electron chi connectivity index (χ4n) is 1.86. The van der Waals surface area contributed by atoms with Crippen LogP contribution in [0.15, 0.2) is 42.7 Å². The van der Waals surface area contributed by atoms with Crippen LogP contribution in [0.5, 0.6) is 5.75 Å². The van der Waals surface area contributed by atoms with Crippen molar-refractivity contribution in [2.45, 2.75) is 0 Å². The van der Waals surface area contributed by atoms with E-state index in [0.717, 1.165) is 0 Å². The quantitative estimate of drug-likeness (QED) is 0.522. The van der Waals surface area contributed by atoms with Gasteiger partial charge in [-0.1, -0.05) is 0 Å². The van der Waals surface area contributed by atoms with Crippen LogP contribution in [0, 0.1) is 0 Å². The molecule has 0 aliphatic heterocycles. The zero-order valence-corrected chi connectivity index (χ0v) is 15.0. The molecule has 0 spiro atoms. The van der Waals surface area contributed by atoms with Crippen molar-refractivity contribution in [1.29, 1.82) is 0 Å². The molecule has 0 atom stereocenters. The number of aromatic hydroxyl groups is 1. The molecule has 2 N–H and O–H groups in total. The lowest BCUT2D eigenvalue weighted by Crippen LogP contribution is -2.10. The number of aromatic nitrogens is 3. The SMILES string of the molecule is O=c1[nH]c(-c2ccc(O)c(Br)c2)nc2c(Br)nc(Br)cc12. The Balaban J connectivity index is 2.30. The van der Waals surface area contributed by atoms with E-state index in [-0.39, 0.29) is 11.3 Å². The molecule has 8 heteroatoms. The number of pyridine rings is 1. The topological polar surface area (TPSA) is 78.9 Å². The van der Waals surface area contributed by atoms with Crippen LogP contribution in [0.2, 0.25) is 0 Å². The summed E-state index contributed by atoms with van der Waals surface area (Å²) in [4.78, 5) is 23.5. The molecule has 1 aromatic carbocycles. The van der Waals surface area contributed by atoms with Gasteiger partial charge in [0.2, 0.25) is 0 Å². The van der Waals surface area contributed by atoms with E-state index in [0.29, 0.717) is 36.0 Å². The van der Waals surface area contributed by atoms with Gasteiger partial charge in [0, 0.05) is 5.56 Å². The molecule has 0 unspecified atom stereocenters. The lowest BCUT2D eigenvalue weighted by atomic mass is 10.2. The van der Waals surface area contributed by atoms with Crippen LogP contribution in [0.3, 0.4) is 0 Å². The molecule has 0 radical (unpaired) electrons. The largest absolute Gasteiger partial charge is 0.507 e. The smallest absolute Gasteiger partial charge is 0.259 e. The Kier molecular flexibility index (Phi) is 3.85. The summed E-state index contributed by atoms with van der Waals surface area (Å²) >= 11 is 9.79. The minimum Gasteiger partial charge on any atom is -0.507 e. The maximum Gasteiger partial charge on any atom is 0.259 e. The van der Waals surface area contributed by atoms with Crippen LogP contribution < -0.4 is 5.56 Å². The molecule has 0 saturated heterocycles. The number of halogens is 3. The predicted octanol–water partition coefficient (Wildman–Crippen LogP) is 3.98. The summed E-state index contributed by atoms with van der Waals surface area (Å²) < 4.78 is 1.56. The lowest BCUT2D eigenvalue weighted by molar-refractivity contribution is 0.472. The number of nitrogens with zero attached hydrogens (tertiary/aromatic N) is 2. The van der Waals surface area contributed by atoms with Crippen molar-refractivity contribution >= 4 is 58.7 Å². The van der Waals surface area contributed by atoms with Crippen molar-refractivity contribution < 1.29 is 5.11 Å². The van der Waals surface area contributed by atoms with E-state index in [4.69, 9.17) is 0 Å². The summed E-state index contributed by atoms with van der Waals surface area (Å²) in [5, 5.41) is 9.97. The third-order valence-electron chi connectivity index (χ3n) is 2.84. The first-order valence-corrected chi connectivity index (χ1v) is 8.08. The lowest BCUT2D eigenvalue weighted by Gasteiger charge is -2.06. The number of fused-ring (bicyclic) bond motifs is 1. The Morgan fingerprint density at radius 2 is 1.86 bits per heavy atom. The average Bonchev–Trinajstić information content (AvgIpc) is 2.43. The highest BCUT2D eigenvalue weighted by Gasteiger charge is 2.11. The normalized spacial score (nSPS) is 11.0. The highest BCUT2D eigenvalue weighted by atomic mass is 79.9. The van der Waals surface area contributed by atoms with Gasteiger partial charge in [0.05, 0.1) is 9.86 Å². The molecule has 0 aliphatic carbocycles. The zero-order chi connectivity index (χ0) is 15.1. The van der Waals surface area contributed by atoms with E-state index in [1.807, 2.05) is 0 Å². The van der Waals surface area contributed by atoms with E-state index >= 15 is 0 Å². The summed E-state index contributed by atoms with van der Waals surface area (Å²) in [6, 6.07) is 6.49. The van der Waals surface area contributed by atoms with Gasteiger partial charge in [-0.25, -0.2) is 9.97 Å². The summed E-state index contributed by atoms with van der Waals surface area (Å²) in [5.41, 5.74) is 0.887. The molecule has 0 fully saturated rings. The molecule has 0 saturated carbocycles. The van der Waals surface area contributed by atoms with Gasteiger partial charge < -0.3 is 10.1 Å². The van der Waals surface area contributed by atoms with Gasteiger partial charge in [0.15, 0.2) is 0 Å². The van der Waals surface area contributed by atoms with Gasteiger partial charge in [0.25, 0.3) is 5.56 Å². The molecule has 2 aromatic heterocycles. The second-order valence-electron chi connectivity index (χ2n) is 4.21. The zero-order valence-electron chi connectivity index (χ0n) is 10.2. The molecule has 3 rings (SSSR count). The Bertz CT molecular complexity index is 924. The highest BCUT2D eigenvalue weighted by molar-refractivity contribution is 9.11. The minimum atomic E-state index is -0.261. The van der Waals surface area contributed by atoms with Gasteiger partial charge >= 0.3 is 0 Å². The van der Waals surface area contributed by atoms with Gasteiger partial charge in [-0.15, -0.1) is 0 Å². The van der Waals surface area contributed by atoms with Crippen molar-refractivity contribution in [2.75, 3.05) is 0 Å². The standard InChI is InChI=1S/C13H6Br3N3O2/c14-7-3-5(1-2-8(7)20)12-18-10-6(13(21)19-12)4-9(15)17-11(10)16/h1-4,20H,(H,18,19,21). The molecular weight excluding hydrogens is 470 g/mol. The van der Waals surface area contributed by atoms with E-state index in [1.54, 1.807) is 18.2 Å². The number of hydrogen-bond acceptors (Lipinski definition) is 4. The predicted molar refractivity (Wildman–Crippen MR) is 90.4 cm³/mol. The molecule has 5 nitrogen and oxygen atoms in total. The summed E-state index contributed by atoms with van der Waals surface area (Å²) in [7, 11) is 0. The summed E-state index contributed by atoms with van der Waals surface area (Å²) in [6.45, 7) is 0. The Morgan fingerprint density at radius 1 is 1.10 bits per heavy atom. The van der Waals surface area contributed by atoms with E-state index in [1.165, 1.54) is 6.07 Å². The second-order valence-corrected chi connectivity index (χ2v) is 6.63. The third-order valence-corrected chi connectivity index (χ3v) is 4.43. The van der Waals surface area contributed by atoms with Gasteiger partial charge in [-0.3, -0.25) is 4.79 Å². The van der Waals surface area contributed by atoms with Crippen molar-refractivity contribution in [3.8, 4) is 17.1 Å². The van der Waals surface area contributed by atoms with Crippen molar-refractivity contribution in [2.24, 2.45) is 0 Å². The number of aromatic amines is 1. The number of phenols is 1. The third kappa shape index (κ3) is 2.75. The first-order chi connectivity index (χ1) is 9.95. The monoisotopic (exact) mass is 473 g/mol. The molecule has 0 amide bonds. The molecule has 0 aliphatic rings. The fraction of sp³-hybridized carbons (Fsp3) is 0. The average molecular weight is 476 g/mol. The van der Waals surface area contributed by atoms with Crippen LogP contribution in [-0.4, -0.2) is 20.1 Å². The fourth-order valence-corrected chi connectivity index (χ4v) is 3.38. The number of benzene rings is 1. The summed E-state index contributed by atoms with van der Waals surface area (Å²) in [6.07, 6.45) is 0. The second kappa shape index (κ2) is 5.51. The van der Waals surface area contributed by atoms with Gasteiger partial charge in [0.1, 0.15) is 26.3 Å². The molecular formula is C13H6Br3N3O2. The van der Waals surface area contributed by atoms with Gasteiger partial charge in [-0.05, 0) is 72.1 Å². The van der Waals surface area contributed by atoms with Gasteiger partial charge in [-0.2, -0.15) is 0 Å². The van der Waals surface area contributed by atoms with E-state index in [2.05, 4.69) is 62.7 Å². The maximum atomic E-state index is 12.2. The first-order valence-electron chi connectivity index (χ1n) is 5.70. The van der Waals surface area contributed by atoms with Crippen molar-refractivity contribution in [1.82, 2.24) is 15.0 Å². The number of nitrogens with one attached hydrogen (secondary N) is 1. The Labute approximate surface area is 143 Å². The number of rotatable bonds is 1. The Hall–Kier alpha value is -1.25. The van der Waals surface area contributed by atoms with Crippen LogP contribution in [0.1, 0.15) is 0 Å². The minimum absolute atomic E-state index is 0.119. The molecule has 0 bridgehead atoms. The highest BCUT2D eigenvalue weighted by Crippen LogP contribution is 2.29. The van der Waals surface area contributed by atoms with Crippen LogP contribution in [0.25, 0.3) is 22.3 Å². The van der Waals surface area contributed by atoms with E-state index in [9.17, 15) is 9.90 Å². The number of H-pyrrole nitrogens is 1.